The molecule has 0 bridgehead atoms. The number of anilines is 1. The Balaban J connectivity index is 0.878. The maximum atomic E-state index is 12.6. The molecule has 1 aliphatic heterocycles. The van der Waals surface area contributed by atoms with Crippen LogP contribution in [-0.4, -0.2) is 51.8 Å². The Hall–Kier alpha value is -5.40. The van der Waals surface area contributed by atoms with Crippen molar-refractivity contribution in [2.75, 3.05) is 25.6 Å². The van der Waals surface area contributed by atoms with Gasteiger partial charge in [-0.3, -0.25) is 4.79 Å². The lowest BCUT2D eigenvalue weighted by molar-refractivity contribution is 0.0935. The fourth-order valence-electron chi connectivity index (χ4n) is 6.97. The summed E-state index contributed by atoms with van der Waals surface area (Å²) >= 11 is 0. The third-order valence-corrected chi connectivity index (χ3v) is 10.1. The number of carbonyl (C=O) groups is 1. The van der Waals surface area contributed by atoms with Crippen LogP contribution in [0.1, 0.15) is 95.7 Å². The molecule has 296 valence electrons. The first-order valence-corrected chi connectivity index (χ1v) is 19.2. The monoisotopic (exact) mass is 765 g/mol. The molecule has 6 N–H and O–H groups in total. The van der Waals surface area contributed by atoms with E-state index in [1.54, 1.807) is 31.4 Å². The van der Waals surface area contributed by atoms with Crippen molar-refractivity contribution in [1.29, 1.82) is 0 Å². The zero-order valence-corrected chi connectivity index (χ0v) is 31.8. The van der Waals surface area contributed by atoms with E-state index in [0.717, 1.165) is 68.2 Å². The molecule has 0 radical (unpaired) electrons. The van der Waals surface area contributed by atoms with Crippen molar-refractivity contribution in [2.24, 2.45) is 0 Å². The number of para-hydroxylation sites is 1. The van der Waals surface area contributed by atoms with E-state index in [-0.39, 0.29) is 38.5 Å². The summed E-state index contributed by atoms with van der Waals surface area (Å²) in [7, 11) is 1.61. The van der Waals surface area contributed by atoms with Gasteiger partial charge in [-0.15, -0.1) is 0 Å². The smallest absolute Gasteiger partial charge is 0.255 e. The van der Waals surface area contributed by atoms with E-state index in [0.29, 0.717) is 75.3 Å². The maximum absolute atomic E-state index is 12.6. The molecular formula is C44H51N3O9. The molecule has 1 aliphatic rings. The first-order chi connectivity index (χ1) is 27.5. The van der Waals surface area contributed by atoms with Gasteiger partial charge >= 0.3 is 0 Å². The van der Waals surface area contributed by atoms with Gasteiger partial charge in [-0.05, 0) is 89.7 Å². The molecule has 0 fully saturated rings. The Morgan fingerprint density at radius 2 is 1.29 bits per heavy atom. The molecule has 0 spiro atoms. The van der Waals surface area contributed by atoms with Crippen LogP contribution in [0.5, 0.6) is 17.2 Å². The van der Waals surface area contributed by atoms with Gasteiger partial charge < -0.3 is 49.8 Å². The Morgan fingerprint density at radius 3 is 1.95 bits per heavy atom. The van der Waals surface area contributed by atoms with Crippen molar-refractivity contribution in [3.8, 4) is 39.8 Å². The number of hydrogen-bond donors (Lipinski definition) is 6. The topological polar surface area (TPSA) is 176 Å². The van der Waals surface area contributed by atoms with Crippen LogP contribution in [0.2, 0.25) is 0 Å². The highest BCUT2D eigenvalue weighted by atomic mass is 16.5. The summed E-state index contributed by atoms with van der Waals surface area (Å²) in [5, 5.41) is 49.8. The Bertz CT molecular complexity index is 2040. The summed E-state index contributed by atoms with van der Waals surface area (Å²) in [5.74, 6) is 2.30. The summed E-state index contributed by atoms with van der Waals surface area (Å²) in [5.41, 5.74) is 6.47. The van der Waals surface area contributed by atoms with Gasteiger partial charge in [-0.2, -0.15) is 0 Å². The molecular weight excluding hydrogens is 714 g/mol. The molecule has 12 nitrogen and oxygen atoms in total. The highest BCUT2D eigenvalue weighted by molar-refractivity contribution is 6.01. The molecule has 1 aromatic heterocycles. The van der Waals surface area contributed by atoms with Gasteiger partial charge in [0.1, 0.15) is 17.6 Å². The number of methoxy groups -OCH3 is 1. The lowest BCUT2D eigenvalue weighted by Crippen LogP contribution is -2.38. The van der Waals surface area contributed by atoms with Crippen LogP contribution in [0.25, 0.3) is 22.6 Å². The van der Waals surface area contributed by atoms with Gasteiger partial charge in [0.2, 0.25) is 0 Å². The number of carbonyl (C=O) groups excluding carboxylic acids is 1. The average molecular weight is 766 g/mol. The number of fused-ring (bicyclic) bond motifs is 1. The SMILES string of the molecule is COc1ccc(-c2cc(-c3cc(CO)c(CO)c(CO)c3)no2)cc1OCCCCCCCCCCOc1ccc(C2NC(=O)c3ccccc3N2)cc1CO. The highest BCUT2D eigenvalue weighted by Gasteiger charge is 2.25. The molecule has 1 unspecified atom stereocenters. The van der Waals surface area contributed by atoms with Crippen LogP contribution in [-0.2, 0) is 26.4 Å². The number of aliphatic hydroxyl groups is 4. The first kappa shape index (κ1) is 40.3. The number of aromatic nitrogens is 1. The number of nitrogens with one attached hydrogen (secondary N) is 2. The second kappa shape index (κ2) is 20.0. The van der Waals surface area contributed by atoms with Gasteiger partial charge in [-0.25, -0.2) is 0 Å². The number of benzene rings is 4. The molecule has 6 rings (SSSR count). The van der Waals surface area contributed by atoms with E-state index < -0.39 is 0 Å². The fourth-order valence-corrected chi connectivity index (χ4v) is 6.97. The molecule has 0 aliphatic carbocycles. The molecule has 2 heterocycles. The van der Waals surface area contributed by atoms with Crippen molar-refractivity contribution >= 4 is 11.6 Å². The first-order valence-electron chi connectivity index (χ1n) is 19.2. The molecule has 0 saturated heterocycles. The number of amides is 1. The van der Waals surface area contributed by atoms with E-state index in [9.17, 15) is 25.2 Å². The van der Waals surface area contributed by atoms with Crippen molar-refractivity contribution in [3.05, 3.63) is 112 Å². The molecule has 5 aromatic rings. The number of unbranched alkanes of at least 4 members (excludes halogenated alkanes) is 7. The van der Waals surface area contributed by atoms with Crippen molar-refractivity contribution in [3.63, 3.8) is 0 Å². The standard InChI is InChI=1S/C44H51N3O9/c1-53-40-17-14-29(41-24-38(47-56-41)31-21-32(25-48)36(28-51)33(22-31)26-49)23-42(40)55-19-11-7-5-3-2-4-6-10-18-54-39-16-15-30(20-34(39)27-50)43-45-37-13-9-8-12-35(37)44(52)46-43/h8-9,12-17,20-24,43,45,48-51H,2-7,10-11,18-19,25-28H2,1H3,(H,46,52). The minimum atomic E-state index is -0.387. The Morgan fingerprint density at radius 1 is 0.643 bits per heavy atom. The Labute approximate surface area is 327 Å². The van der Waals surface area contributed by atoms with E-state index >= 15 is 0 Å². The minimum absolute atomic E-state index is 0.132. The van der Waals surface area contributed by atoms with Crippen LogP contribution in [0.15, 0.2) is 83.4 Å². The van der Waals surface area contributed by atoms with Gasteiger partial charge in [0.25, 0.3) is 5.91 Å². The lowest BCUT2D eigenvalue weighted by atomic mass is 9.97. The van der Waals surface area contributed by atoms with Gasteiger partial charge in [0.05, 0.1) is 52.3 Å². The normalized spacial score (nSPS) is 13.5. The summed E-state index contributed by atoms with van der Waals surface area (Å²) in [6.45, 7) is 0.149. The van der Waals surface area contributed by atoms with Gasteiger partial charge in [0.15, 0.2) is 17.3 Å². The van der Waals surface area contributed by atoms with Crippen LogP contribution in [0.3, 0.4) is 0 Å². The predicted octanol–water partition coefficient (Wildman–Crippen LogP) is 7.42. The highest BCUT2D eigenvalue weighted by Crippen LogP contribution is 2.35. The van der Waals surface area contributed by atoms with Crippen LogP contribution in [0, 0.1) is 0 Å². The van der Waals surface area contributed by atoms with Crippen molar-refractivity contribution in [1.82, 2.24) is 10.5 Å². The zero-order chi connectivity index (χ0) is 39.3. The largest absolute Gasteiger partial charge is 0.493 e. The Kier molecular flexibility index (Phi) is 14.4. The van der Waals surface area contributed by atoms with Crippen molar-refractivity contribution in [2.45, 2.75) is 84.0 Å². The molecule has 0 saturated carbocycles. The summed E-state index contributed by atoms with van der Waals surface area (Å²) in [4.78, 5) is 12.6. The van der Waals surface area contributed by atoms with E-state index in [2.05, 4.69) is 15.8 Å². The summed E-state index contributed by atoms with van der Waals surface area (Å²) in [6.07, 6.45) is 8.16. The quantitative estimate of drug-likeness (QED) is 0.0410. The fraction of sp³-hybridized carbons (Fsp3) is 0.364. The predicted molar refractivity (Wildman–Crippen MR) is 212 cm³/mol. The third kappa shape index (κ3) is 9.87. The van der Waals surface area contributed by atoms with Crippen LogP contribution < -0.4 is 24.8 Å². The van der Waals surface area contributed by atoms with Crippen LogP contribution >= 0.6 is 0 Å². The number of hydrogen-bond acceptors (Lipinski definition) is 11. The van der Waals surface area contributed by atoms with Crippen molar-refractivity contribution < 1.29 is 44.0 Å². The third-order valence-electron chi connectivity index (χ3n) is 10.1. The minimum Gasteiger partial charge on any atom is -0.493 e. The number of rotatable bonds is 21. The van der Waals surface area contributed by atoms with E-state index in [1.807, 2.05) is 54.6 Å². The summed E-state index contributed by atoms with van der Waals surface area (Å²) in [6, 6.07) is 23.9. The van der Waals surface area contributed by atoms with Gasteiger partial charge in [-0.1, -0.05) is 61.9 Å². The van der Waals surface area contributed by atoms with E-state index in [4.69, 9.17) is 18.7 Å². The van der Waals surface area contributed by atoms with Crippen LogP contribution in [0.4, 0.5) is 5.69 Å². The molecule has 12 heteroatoms. The maximum Gasteiger partial charge on any atom is 0.255 e. The number of nitrogens with zero attached hydrogens (tertiary/aromatic N) is 1. The molecule has 56 heavy (non-hydrogen) atoms. The molecule has 1 atom stereocenters. The molecule has 4 aromatic carbocycles. The van der Waals surface area contributed by atoms with E-state index in [1.165, 1.54) is 0 Å². The number of aliphatic hydroxyl groups excluding tert-OH is 4. The van der Waals surface area contributed by atoms with Gasteiger partial charge in [0, 0.05) is 28.4 Å². The zero-order valence-electron chi connectivity index (χ0n) is 31.8. The number of ether oxygens (including phenoxy) is 3. The summed E-state index contributed by atoms with van der Waals surface area (Å²) < 4.78 is 23.4. The second-order valence-electron chi connectivity index (χ2n) is 13.8. The lowest BCUT2D eigenvalue weighted by Gasteiger charge is -2.28. The average Bonchev–Trinajstić information content (AvgIpc) is 3.74. The second-order valence-corrected chi connectivity index (χ2v) is 13.8. The molecule has 1 amide bonds.